The second kappa shape index (κ2) is 6.88. The lowest BCUT2D eigenvalue weighted by Gasteiger charge is -2.28. The molecule has 2 aromatic rings. The highest BCUT2D eigenvalue weighted by Gasteiger charge is 2.28. The predicted molar refractivity (Wildman–Crippen MR) is 116 cm³/mol. The number of aromatic hydroxyl groups is 1. The molecule has 0 unspecified atom stereocenters. The van der Waals surface area contributed by atoms with Gasteiger partial charge in [-0.3, -0.25) is 0 Å². The molecule has 0 amide bonds. The van der Waals surface area contributed by atoms with Gasteiger partial charge in [0.25, 0.3) is 0 Å². The molecule has 3 nitrogen and oxygen atoms in total. The second-order valence-electron chi connectivity index (χ2n) is 9.61. The Labute approximate surface area is 169 Å². The van der Waals surface area contributed by atoms with Crippen LogP contribution in [0.4, 0.5) is 0 Å². The van der Waals surface area contributed by atoms with Gasteiger partial charge in [0.2, 0.25) is 0 Å². The first-order valence-corrected chi connectivity index (χ1v) is 9.81. The van der Waals surface area contributed by atoms with E-state index in [4.69, 9.17) is 9.47 Å². The summed E-state index contributed by atoms with van der Waals surface area (Å²) >= 11 is 0. The Morgan fingerprint density at radius 3 is 1.93 bits per heavy atom. The van der Waals surface area contributed by atoms with E-state index < -0.39 is 0 Å². The van der Waals surface area contributed by atoms with E-state index in [1.54, 1.807) is 14.2 Å². The summed E-state index contributed by atoms with van der Waals surface area (Å²) in [6.45, 7) is 13.1. The third-order valence-electron chi connectivity index (χ3n) is 5.50. The molecule has 3 heteroatoms. The molecule has 150 valence electrons. The van der Waals surface area contributed by atoms with Gasteiger partial charge in [-0.05, 0) is 57.7 Å². The minimum Gasteiger partial charge on any atom is -0.507 e. The monoisotopic (exact) mass is 380 g/mol. The van der Waals surface area contributed by atoms with Gasteiger partial charge in [0, 0.05) is 11.1 Å². The molecule has 2 aromatic carbocycles. The molecule has 0 spiro atoms. The Kier molecular flexibility index (Phi) is 4.99. The van der Waals surface area contributed by atoms with Crippen molar-refractivity contribution in [3.05, 3.63) is 58.2 Å². The molecule has 0 saturated heterocycles. The number of fused-ring (bicyclic) bond motifs is 1. The number of ether oxygens (including phenoxy) is 2. The molecule has 28 heavy (non-hydrogen) atoms. The van der Waals surface area contributed by atoms with E-state index in [9.17, 15) is 5.11 Å². The summed E-state index contributed by atoms with van der Waals surface area (Å²) in [6, 6.07) is 8.35. The summed E-state index contributed by atoms with van der Waals surface area (Å²) < 4.78 is 11.0. The number of allylic oxidation sites excluding steroid dienone is 1. The Bertz CT molecular complexity index is 938. The Morgan fingerprint density at radius 2 is 1.39 bits per heavy atom. The fraction of sp³-hybridized carbons (Fsp3) is 0.440. The largest absolute Gasteiger partial charge is 0.507 e. The molecule has 1 aliphatic rings. The maximum absolute atomic E-state index is 11.2. The molecular formula is C25H32O3. The van der Waals surface area contributed by atoms with Crippen LogP contribution in [0.1, 0.15) is 69.4 Å². The van der Waals surface area contributed by atoms with E-state index in [1.807, 2.05) is 12.1 Å². The minimum absolute atomic E-state index is 0.0119. The minimum atomic E-state index is -0.153. The molecule has 0 atom stereocenters. The fourth-order valence-electron chi connectivity index (χ4n) is 3.76. The Morgan fingerprint density at radius 1 is 0.786 bits per heavy atom. The van der Waals surface area contributed by atoms with Gasteiger partial charge in [-0.2, -0.15) is 0 Å². The summed E-state index contributed by atoms with van der Waals surface area (Å²) in [6.07, 6.45) is 3.01. The quantitative estimate of drug-likeness (QED) is 0.710. The zero-order chi connectivity index (χ0) is 20.9. The molecule has 1 N–H and O–H groups in total. The molecule has 0 saturated carbocycles. The van der Waals surface area contributed by atoms with Gasteiger partial charge in [0.15, 0.2) is 11.5 Å². The van der Waals surface area contributed by atoms with Crippen LogP contribution in [-0.2, 0) is 17.3 Å². The molecule has 0 aliphatic heterocycles. The second-order valence-corrected chi connectivity index (χ2v) is 9.61. The summed E-state index contributed by atoms with van der Waals surface area (Å²) in [7, 11) is 3.31. The summed E-state index contributed by atoms with van der Waals surface area (Å²) in [4.78, 5) is 0. The van der Waals surface area contributed by atoms with Crippen molar-refractivity contribution in [1.82, 2.24) is 0 Å². The van der Waals surface area contributed by atoms with Crippen molar-refractivity contribution >= 4 is 5.57 Å². The van der Waals surface area contributed by atoms with Crippen LogP contribution >= 0.6 is 0 Å². The van der Waals surface area contributed by atoms with Gasteiger partial charge < -0.3 is 14.6 Å². The first-order valence-electron chi connectivity index (χ1n) is 9.81. The SMILES string of the molecule is COc1cc2c(cc1OC)C(c1cc(C(C)(C)C)cc(C(C)(C)C)c1O)=CC2. The molecule has 3 rings (SSSR count). The van der Waals surface area contributed by atoms with Crippen LogP contribution in [-0.4, -0.2) is 19.3 Å². The molecule has 0 radical (unpaired) electrons. The predicted octanol–water partition coefficient (Wildman–Crippen LogP) is 5.99. The lowest BCUT2D eigenvalue weighted by molar-refractivity contribution is 0.354. The number of benzene rings is 2. The van der Waals surface area contributed by atoms with Crippen molar-refractivity contribution in [2.75, 3.05) is 14.2 Å². The van der Waals surface area contributed by atoms with E-state index in [0.29, 0.717) is 11.5 Å². The van der Waals surface area contributed by atoms with E-state index in [1.165, 1.54) is 11.1 Å². The topological polar surface area (TPSA) is 38.7 Å². The van der Waals surface area contributed by atoms with Crippen molar-refractivity contribution in [2.24, 2.45) is 0 Å². The Balaban J connectivity index is 2.24. The number of rotatable bonds is 3. The van der Waals surface area contributed by atoms with Gasteiger partial charge >= 0.3 is 0 Å². The van der Waals surface area contributed by atoms with Crippen LogP contribution < -0.4 is 9.47 Å². The van der Waals surface area contributed by atoms with Gasteiger partial charge in [0.05, 0.1) is 14.2 Å². The highest BCUT2D eigenvalue weighted by atomic mass is 16.5. The normalized spacial score (nSPS) is 13.9. The van der Waals surface area contributed by atoms with Gasteiger partial charge in [-0.25, -0.2) is 0 Å². The van der Waals surface area contributed by atoms with Crippen LogP contribution in [0.2, 0.25) is 0 Å². The molecule has 1 aliphatic carbocycles. The van der Waals surface area contributed by atoms with Crippen molar-refractivity contribution in [3.8, 4) is 17.2 Å². The number of hydrogen-bond acceptors (Lipinski definition) is 3. The van der Waals surface area contributed by atoms with Crippen LogP contribution in [0.3, 0.4) is 0 Å². The van der Waals surface area contributed by atoms with Gasteiger partial charge in [-0.15, -0.1) is 0 Å². The van der Waals surface area contributed by atoms with Crippen LogP contribution in [0.25, 0.3) is 5.57 Å². The molecule has 0 aromatic heterocycles. The van der Waals surface area contributed by atoms with E-state index >= 15 is 0 Å². The van der Waals surface area contributed by atoms with Crippen LogP contribution in [0, 0.1) is 0 Å². The summed E-state index contributed by atoms with van der Waals surface area (Å²) in [5, 5.41) is 11.2. The fourth-order valence-corrected chi connectivity index (χ4v) is 3.76. The zero-order valence-electron chi connectivity index (χ0n) is 18.4. The van der Waals surface area contributed by atoms with E-state index in [0.717, 1.165) is 34.4 Å². The highest BCUT2D eigenvalue weighted by Crippen LogP contribution is 2.46. The third kappa shape index (κ3) is 3.50. The maximum Gasteiger partial charge on any atom is 0.161 e. The van der Waals surface area contributed by atoms with Crippen LogP contribution in [0.5, 0.6) is 17.2 Å². The van der Waals surface area contributed by atoms with Crippen molar-refractivity contribution in [3.63, 3.8) is 0 Å². The number of hydrogen-bond donors (Lipinski definition) is 1. The molecule has 0 fully saturated rings. The lowest BCUT2D eigenvalue weighted by Crippen LogP contribution is -2.17. The first-order chi connectivity index (χ1) is 13.0. The summed E-state index contributed by atoms with van der Waals surface area (Å²) in [5.41, 5.74) is 6.27. The zero-order valence-corrected chi connectivity index (χ0v) is 18.4. The average Bonchev–Trinajstić information content (AvgIpc) is 3.01. The first kappa shape index (κ1) is 20.3. The molecule has 0 bridgehead atoms. The van der Waals surface area contributed by atoms with Crippen molar-refractivity contribution < 1.29 is 14.6 Å². The van der Waals surface area contributed by atoms with Crippen LogP contribution in [0.15, 0.2) is 30.3 Å². The molecule has 0 heterocycles. The standard InChI is InChI=1S/C25H32O3/c1-24(2,3)16-12-19(23(26)20(13-16)25(4,5)6)17-10-9-15-11-21(27-7)22(28-8)14-18(15)17/h10-14,26H,9H2,1-8H3. The Hall–Kier alpha value is -2.42. The van der Waals surface area contributed by atoms with Gasteiger partial charge in [0.1, 0.15) is 5.75 Å². The number of methoxy groups -OCH3 is 2. The average molecular weight is 381 g/mol. The smallest absolute Gasteiger partial charge is 0.161 e. The molecular weight excluding hydrogens is 348 g/mol. The van der Waals surface area contributed by atoms with Gasteiger partial charge in [-0.1, -0.05) is 53.7 Å². The van der Waals surface area contributed by atoms with E-state index in [-0.39, 0.29) is 10.8 Å². The van der Waals surface area contributed by atoms with Crippen molar-refractivity contribution in [1.29, 1.82) is 0 Å². The van der Waals surface area contributed by atoms with Crippen molar-refractivity contribution in [2.45, 2.75) is 58.8 Å². The highest BCUT2D eigenvalue weighted by molar-refractivity contribution is 5.89. The lowest BCUT2D eigenvalue weighted by atomic mass is 9.77. The van der Waals surface area contributed by atoms with E-state index in [2.05, 4.69) is 59.8 Å². The third-order valence-corrected chi connectivity index (χ3v) is 5.50. The maximum atomic E-state index is 11.2. The summed E-state index contributed by atoms with van der Waals surface area (Å²) in [5.74, 6) is 1.81. The number of phenols is 1. The number of phenolic OH excluding ortho intramolecular Hbond substituents is 1.